The number of quaternary nitrogens is 1. The van der Waals surface area contributed by atoms with Crippen molar-refractivity contribution in [3.63, 3.8) is 0 Å². The smallest absolute Gasteiger partial charge is 0.303 e. The zero-order valence-electron chi connectivity index (χ0n) is 26.5. The number of fused-ring (bicyclic) bond motifs is 1. The standard InChI is InChI=1S/C32H45NO9.2ClH/c1-33(15-10-12-21(32(36)37)11-8-7-9-13-29(34)35)16-14-22-17-25(38-2)26(39-3)20-24(22)30(33)23-18-27(40-4)31(42-6)28(19-23)41-5;;/h17-21,30H,7-16H2,1-6H3,(H-,34,35,36,37);2*1H/t21?,30-,33-;;/m0../s1. The lowest BCUT2D eigenvalue weighted by atomic mass is 9.85. The maximum atomic E-state index is 11.9. The number of carbonyl (C=O) groups is 2. The number of unbranched alkanes of at least 4 members (excludes halogenated alkanes) is 2. The fraction of sp³-hybridized carbons (Fsp3) is 0.562. The molecule has 3 rings (SSSR count). The number of nitrogens with zero attached hydrogens (tertiary/aromatic N) is 1. The van der Waals surface area contributed by atoms with E-state index in [2.05, 4.69) is 7.05 Å². The number of rotatable bonds is 17. The molecule has 1 aliphatic heterocycles. The normalized spacial score (nSPS) is 17.6. The first kappa shape index (κ1) is 38.9. The summed E-state index contributed by atoms with van der Waals surface area (Å²) in [7, 11) is 10.2. The monoisotopic (exact) mass is 659 g/mol. The van der Waals surface area contributed by atoms with Crippen LogP contribution in [-0.2, 0) is 16.0 Å². The van der Waals surface area contributed by atoms with Gasteiger partial charge in [0, 0.05) is 29.9 Å². The lowest BCUT2D eigenvalue weighted by Gasteiger charge is -2.46. The van der Waals surface area contributed by atoms with E-state index in [0.29, 0.717) is 71.8 Å². The maximum Gasteiger partial charge on any atom is 0.303 e. The number of aliphatic carboxylic acids is 2. The number of carboxylic acids is 2. The van der Waals surface area contributed by atoms with Crippen LogP contribution in [0.15, 0.2) is 24.3 Å². The van der Waals surface area contributed by atoms with Gasteiger partial charge < -0.3 is 43.2 Å². The fourth-order valence-corrected chi connectivity index (χ4v) is 6.21. The van der Waals surface area contributed by atoms with Crippen LogP contribution in [0.5, 0.6) is 28.7 Å². The Morgan fingerprint density at radius 1 is 0.841 bits per heavy atom. The fourth-order valence-electron chi connectivity index (χ4n) is 6.21. The van der Waals surface area contributed by atoms with Crippen LogP contribution < -0.4 is 28.8 Å². The average Bonchev–Trinajstić information content (AvgIpc) is 2.98. The Labute approximate surface area is 273 Å². The summed E-state index contributed by atoms with van der Waals surface area (Å²) in [6.07, 6.45) is 4.50. The molecular formula is C32H47Cl2NO9. The summed E-state index contributed by atoms with van der Waals surface area (Å²) in [6, 6.07) is 7.92. The third-order valence-electron chi connectivity index (χ3n) is 8.46. The first-order chi connectivity index (χ1) is 20.1. The minimum atomic E-state index is -1.04. The van der Waals surface area contributed by atoms with Gasteiger partial charge in [0.2, 0.25) is 5.75 Å². The van der Waals surface area contributed by atoms with Crippen molar-refractivity contribution in [1.82, 2.24) is 0 Å². The molecule has 2 aromatic carbocycles. The highest BCUT2D eigenvalue weighted by Gasteiger charge is 2.41. The van der Waals surface area contributed by atoms with Gasteiger partial charge in [-0.1, -0.05) is 12.8 Å². The molecule has 248 valence electrons. The number of methoxy groups -OCH3 is 5. The van der Waals surface area contributed by atoms with Gasteiger partial charge in [0.1, 0.15) is 6.04 Å². The first-order valence-electron chi connectivity index (χ1n) is 14.4. The van der Waals surface area contributed by atoms with Crippen LogP contribution in [0.1, 0.15) is 67.7 Å². The predicted octanol–water partition coefficient (Wildman–Crippen LogP) is 4.85. The van der Waals surface area contributed by atoms with Gasteiger partial charge in [0.15, 0.2) is 23.0 Å². The van der Waals surface area contributed by atoms with Crippen LogP contribution >= 0.6 is 24.8 Å². The second-order valence-electron chi connectivity index (χ2n) is 11.1. The number of likely N-dealkylation sites (N-methyl/N-ethyl adjacent to an activating group) is 1. The van der Waals surface area contributed by atoms with Crippen LogP contribution in [0.25, 0.3) is 0 Å². The molecule has 10 nitrogen and oxygen atoms in total. The van der Waals surface area contributed by atoms with Crippen molar-refractivity contribution in [3.05, 3.63) is 41.0 Å². The van der Waals surface area contributed by atoms with Gasteiger partial charge in [0.05, 0.1) is 55.7 Å². The Morgan fingerprint density at radius 3 is 1.93 bits per heavy atom. The molecule has 1 heterocycles. The van der Waals surface area contributed by atoms with Crippen molar-refractivity contribution < 1.29 is 48.0 Å². The molecule has 1 aliphatic rings. The zero-order valence-corrected chi connectivity index (χ0v) is 28.1. The van der Waals surface area contributed by atoms with Crippen LogP contribution in [0.3, 0.4) is 0 Å². The molecule has 1 unspecified atom stereocenters. The number of ether oxygens (including phenoxy) is 5. The minimum Gasteiger partial charge on any atom is -0.550 e. The lowest BCUT2D eigenvalue weighted by Crippen LogP contribution is -2.52. The molecule has 0 saturated carbocycles. The van der Waals surface area contributed by atoms with Crippen molar-refractivity contribution in [2.45, 2.75) is 57.4 Å². The summed E-state index contributed by atoms with van der Waals surface area (Å²) < 4.78 is 28.9. The van der Waals surface area contributed by atoms with E-state index >= 15 is 0 Å². The van der Waals surface area contributed by atoms with Gasteiger partial charge >= 0.3 is 5.97 Å². The minimum absolute atomic E-state index is 0. The lowest BCUT2D eigenvalue weighted by molar-refractivity contribution is -0.935. The number of carboxylic acid groups (broad SMARTS) is 2. The van der Waals surface area contributed by atoms with E-state index < -0.39 is 17.9 Å². The van der Waals surface area contributed by atoms with Crippen molar-refractivity contribution in [3.8, 4) is 28.7 Å². The third-order valence-corrected chi connectivity index (χ3v) is 8.46. The Balaban J connectivity index is 0.00000484. The largest absolute Gasteiger partial charge is 0.550 e. The molecule has 44 heavy (non-hydrogen) atoms. The van der Waals surface area contributed by atoms with Gasteiger partial charge in [0.25, 0.3) is 0 Å². The van der Waals surface area contributed by atoms with Crippen LogP contribution in [0, 0.1) is 5.92 Å². The van der Waals surface area contributed by atoms with Crippen molar-refractivity contribution >= 4 is 36.8 Å². The van der Waals surface area contributed by atoms with E-state index in [1.165, 1.54) is 0 Å². The summed E-state index contributed by atoms with van der Waals surface area (Å²) in [5.41, 5.74) is 3.25. The van der Waals surface area contributed by atoms with Gasteiger partial charge in [-0.2, -0.15) is 0 Å². The zero-order chi connectivity index (χ0) is 30.9. The van der Waals surface area contributed by atoms with E-state index in [4.69, 9.17) is 28.8 Å². The molecular weight excluding hydrogens is 613 g/mol. The van der Waals surface area contributed by atoms with E-state index in [1.54, 1.807) is 35.5 Å². The Morgan fingerprint density at radius 2 is 1.41 bits per heavy atom. The molecule has 0 spiro atoms. The number of carbonyl (C=O) groups excluding carboxylic acids is 1. The molecule has 2 aromatic rings. The number of benzene rings is 2. The number of hydrogen-bond donors (Lipinski definition) is 1. The van der Waals surface area contributed by atoms with Crippen LogP contribution in [0.2, 0.25) is 0 Å². The summed E-state index contributed by atoms with van der Waals surface area (Å²) in [6.45, 7) is 1.56. The molecule has 0 aromatic heterocycles. The van der Waals surface area contributed by atoms with Gasteiger partial charge in [-0.15, -0.1) is 24.8 Å². The molecule has 0 fully saturated rings. The molecule has 0 saturated heterocycles. The second kappa shape index (κ2) is 18.0. The second-order valence-corrected chi connectivity index (χ2v) is 11.1. The van der Waals surface area contributed by atoms with Crippen molar-refractivity contribution in [1.29, 1.82) is 0 Å². The molecule has 0 radical (unpaired) electrons. The Kier molecular flexibility index (Phi) is 16.0. The van der Waals surface area contributed by atoms with Gasteiger partial charge in [-0.3, -0.25) is 4.79 Å². The summed E-state index contributed by atoms with van der Waals surface area (Å²) in [5, 5.41) is 20.8. The van der Waals surface area contributed by atoms with E-state index in [-0.39, 0.29) is 37.3 Å². The molecule has 1 N–H and O–H groups in total. The molecule has 3 atom stereocenters. The van der Waals surface area contributed by atoms with Crippen molar-refractivity contribution in [2.75, 3.05) is 55.7 Å². The van der Waals surface area contributed by atoms with E-state index in [9.17, 15) is 14.7 Å². The summed E-state index contributed by atoms with van der Waals surface area (Å²) >= 11 is 0. The van der Waals surface area contributed by atoms with E-state index in [0.717, 1.165) is 36.2 Å². The average molecular weight is 661 g/mol. The number of hydrogen-bond acceptors (Lipinski definition) is 8. The SMILES string of the molecule is COc1cc2c(cc1OC)[C@H](c1cc(OC)c(OC)c(OC)c1)[N@@+](C)(CCCC(CCCCCC(=O)O)C(=O)[O-])CC2.Cl.Cl. The van der Waals surface area contributed by atoms with Crippen LogP contribution in [0.4, 0.5) is 0 Å². The highest BCUT2D eigenvalue weighted by Crippen LogP contribution is 2.48. The molecule has 0 amide bonds. The summed E-state index contributed by atoms with van der Waals surface area (Å²) in [4.78, 5) is 22.7. The topological polar surface area (TPSA) is 124 Å². The number of halogens is 2. The van der Waals surface area contributed by atoms with Gasteiger partial charge in [-0.25, -0.2) is 0 Å². The quantitative estimate of drug-likeness (QED) is 0.188. The predicted molar refractivity (Wildman–Crippen MR) is 170 cm³/mol. The summed E-state index contributed by atoms with van der Waals surface area (Å²) in [5.74, 6) is 0.515. The van der Waals surface area contributed by atoms with Crippen molar-refractivity contribution in [2.24, 2.45) is 5.92 Å². The highest BCUT2D eigenvalue weighted by molar-refractivity contribution is 5.85. The van der Waals surface area contributed by atoms with E-state index in [1.807, 2.05) is 24.3 Å². The van der Waals surface area contributed by atoms with Crippen LogP contribution in [-0.4, -0.2) is 77.2 Å². The molecule has 0 bridgehead atoms. The first-order valence-corrected chi connectivity index (χ1v) is 14.4. The molecule has 0 aliphatic carbocycles. The molecule has 12 heteroatoms. The maximum absolute atomic E-state index is 11.9. The van der Waals surface area contributed by atoms with Gasteiger partial charge in [-0.05, 0) is 61.4 Å². The Bertz CT molecular complexity index is 1220. The Hall–Kier alpha value is -3.08. The third kappa shape index (κ3) is 9.22. The highest BCUT2D eigenvalue weighted by atomic mass is 35.5.